The minimum absolute atomic E-state index is 0.0518. The van der Waals surface area contributed by atoms with Crippen LogP contribution in [0.25, 0.3) is 0 Å². The van der Waals surface area contributed by atoms with Gasteiger partial charge in [-0.3, -0.25) is 4.79 Å². The van der Waals surface area contributed by atoms with Gasteiger partial charge in [-0.15, -0.1) is 10.2 Å². The van der Waals surface area contributed by atoms with Crippen LogP contribution in [0.15, 0.2) is 48.5 Å². The Bertz CT molecular complexity index is 1120. The molecule has 1 aliphatic rings. The number of piperidine rings is 1. The van der Waals surface area contributed by atoms with Crippen molar-refractivity contribution in [1.82, 2.24) is 20.4 Å². The summed E-state index contributed by atoms with van der Waals surface area (Å²) >= 11 is 7.15. The van der Waals surface area contributed by atoms with Crippen molar-refractivity contribution >= 4 is 40.6 Å². The molecule has 0 radical (unpaired) electrons. The molecule has 1 aliphatic heterocycles. The number of aromatic nitrogens is 2. The van der Waals surface area contributed by atoms with Crippen molar-refractivity contribution in [3.8, 4) is 5.75 Å². The average Bonchev–Trinajstić information content (AvgIpc) is 3.35. The fourth-order valence-corrected chi connectivity index (χ4v) is 4.63. The molecule has 0 aliphatic carbocycles. The van der Waals surface area contributed by atoms with E-state index in [0.29, 0.717) is 35.4 Å². The minimum Gasteiger partial charge on any atom is -0.497 e. The monoisotopic (exact) mass is 485 g/mol. The van der Waals surface area contributed by atoms with Gasteiger partial charge in [0.2, 0.25) is 5.01 Å². The van der Waals surface area contributed by atoms with Crippen molar-refractivity contribution in [3.63, 3.8) is 0 Å². The van der Waals surface area contributed by atoms with Gasteiger partial charge in [0.25, 0.3) is 5.91 Å². The fraction of sp³-hybridized carbons (Fsp3) is 0.304. The van der Waals surface area contributed by atoms with Crippen molar-refractivity contribution < 1.29 is 14.3 Å². The molecule has 3 aromatic rings. The van der Waals surface area contributed by atoms with Crippen LogP contribution in [0.5, 0.6) is 5.75 Å². The van der Waals surface area contributed by atoms with E-state index in [-0.39, 0.29) is 17.9 Å². The maximum Gasteiger partial charge on any atom is 0.317 e. The number of nitrogens with one attached hydrogen (secondary N) is 2. The third-order valence-corrected chi connectivity index (χ3v) is 6.71. The second kappa shape index (κ2) is 10.6. The van der Waals surface area contributed by atoms with Crippen molar-refractivity contribution in [1.29, 1.82) is 0 Å². The highest BCUT2D eigenvalue weighted by molar-refractivity contribution is 7.13. The predicted molar refractivity (Wildman–Crippen MR) is 128 cm³/mol. The molecule has 1 atom stereocenters. The Morgan fingerprint density at radius 1 is 1.21 bits per heavy atom. The third-order valence-electron chi connectivity index (χ3n) is 5.37. The zero-order chi connectivity index (χ0) is 23.2. The highest BCUT2D eigenvalue weighted by atomic mass is 35.5. The van der Waals surface area contributed by atoms with E-state index in [9.17, 15) is 9.59 Å². The van der Waals surface area contributed by atoms with Crippen molar-refractivity contribution in [3.05, 3.63) is 69.1 Å². The molecule has 3 amide bonds. The summed E-state index contributed by atoms with van der Waals surface area (Å²) in [4.78, 5) is 27.0. The SMILES string of the molecule is COc1cccc(CNC(=O)N2CCC[C@H](c3nnc(C(=O)Nc4ccc(Cl)cc4)s3)C2)c1. The summed E-state index contributed by atoms with van der Waals surface area (Å²) in [7, 11) is 1.62. The molecule has 33 heavy (non-hydrogen) atoms. The molecule has 0 spiro atoms. The molecular formula is C23H24ClN5O3S. The standard InChI is InChI=1S/C23H24ClN5O3S/c1-32-19-6-2-4-15(12-19)13-25-23(31)29-11-3-5-16(14-29)21-27-28-22(33-21)20(30)26-18-9-7-17(24)8-10-18/h2,4,6-10,12,16H,3,5,11,13-14H2,1H3,(H,25,31)(H,26,30)/t16-/m0/s1. The first-order chi connectivity index (χ1) is 16.0. The number of carbonyl (C=O) groups excluding carboxylic acids is 2. The molecular weight excluding hydrogens is 462 g/mol. The van der Waals surface area contributed by atoms with Crippen molar-refractivity contribution in [2.75, 3.05) is 25.5 Å². The Morgan fingerprint density at radius 3 is 2.82 bits per heavy atom. The molecule has 2 N–H and O–H groups in total. The molecule has 10 heteroatoms. The summed E-state index contributed by atoms with van der Waals surface area (Å²) in [6.07, 6.45) is 1.76. The fourth-order valence-electron chi connectivity index (χ4n) is 3.64. The number of anilines is 1. The number of hydrogen-bond donors (Lipinski definition) is 2. The number of halogens is 1. The van der Waals surface area contributed by atoms with E-state index in [1.807, 2.05) is 24.3 Å². The first-order valence-electron chi connectivity index (χ1n) is 10.6. The van der Waals surface area contributed by atoms with Crippen LogP contribution in [0, 0.1) is 0 Å². The number of rotatable bonds is 6. The molecule has 2 aromatic carbocycles. The zero-order valence-electron chi connectivity index (χ0n) is 18.1. The number of methoxy groups -OCH3 is 1. The first kappa shape index (κ1) is 23.0. The van der Waals surface area contributed by atoms with Gasteiger partial charge in [0.05, 0.1) is 7.11 Å². The lowest BCUT2D eigenvalue weighted by Crippen LogP contribution is -2.44. The maximum absolute atomic E-state index is 12.7. The van der Waals surface area contributed by atoms with Crippen LogP contribution in [0.3, 0.4) is 0 Å². The van der Waals surface area contributed by atoms with Gasteiger partial charge < -0.3 is 20.3 Å². The number of benzene rings is 2. The molecule has 4 rings (SSSR count). The van der Waals surface area contributed by atoms with E-state index in [0.717, 1.165) is 29.2 Å². The van der Waals surface area contributed by atoms with E-state index >= 15 is 0 Å². The summed E-state index contributed by atoms with van der Waals surface area (Å²) in [5.74, 6) is 0.493. The molecule has 1 saturated heterocycles. The topological polar surface area (TPSA) is 96.4 Å². The molecule has 2 heterocycles. The molecule has 1 fully saturated rings. The van der Waals surface area contributed by atoms with Crippen molar-refractivity contribution in [2.24, 2.45) is 0 Å². The summed E-state index contributed by atoms with van der Waals surface area (Å²) in [6.45, 7) is 1.64. The summed E-state index contributed by atoms with van der Waals surface area (Å²) < 4.78 is 5.23. The lowest BCUT2D eigenvalue weighted by molar-refractivity contribution is 0.102. The van der Waals surface area contributed by atoms with E-state index in [4.69, 9.17) is 16.3 Å². The van der Waals surface area contributed by atoms with E-state index < -0.39 is 0 Å². The Balaban J connectivity index is 1.33. The highest BCUT2D eigenvalue weighted by Gasteiger charge is 2.28. The third kappa shape index (κ3) is 6.00. The largest absolute Gasteiger partial charge is 0.497 e. The Hall–Kier alpha value is -3.17. The van der Waals surface area contributed by atoms with Crippen LogP contribution in [0.2, 0.25) is 5.02 Å². The number of nitrogens with zero attached hydrogens (tertiary/aromatic N) is 3. The van der Waals surface area contributed by atoms with Gasteiger partial charge in [0.15, 0.2) is 0 Å². The lowest BCUT2D eigenvalue weighted by atomic mass is 9.99. The van der Waals surface area contributed by atoms with E-state index in [1.165, 1.54) is 11.3 Å². The van der Waals surface area contributed by atoms with Gasteiger partial charge in [0, 0.05) is 36.3 Å². The van der Waals surface area contributed by atoms with Gasteiger partial charge in [-0.05, 0) is 54.8 Å². The van der Waals surface area contributed by atoms with Crippen LogP contribution in [0.1, 0.15) is 39.1 Å². The van der Waals surface area contributed by atoms with Crippen LogP contribution in [-0.4, -0.2) is 47.2 Å². The Kier molecular flexibility index (Phi) is 7.41. The average molecular weight is 486 g/mol. The van der Waals surface area contributed by atoms with Crippen LogP contribution < -0.4 is 15.4 Å². The summed E-state index contributed by atoms with van der Waals surface area (Å²) in [5.41, 5.74) is 1.61. The minimum atomic E-state index is -0.315. The number of urea groups is 1. The molecule has 0 saturated carbocycles. The summed E-state index contributed by atoms with van der Waals surface area (Å²) in [5, 5.41) is 15.7. The highest BCUT2D eigenvalue weighted by Crippen LogP contribution is 2.29. The van der Waals surface area contributed by atoms with Crippen LogP contribution in [-0.2, 0) is 6.54 Å². The number of amides is 3. The Morgan fingerprint density at radius 2 is 2.03 bits per heavy atom. The molecule has 8 nitrogen and oxygen atoms in total. The smallest absolute Gasteiger partial charge is 0.317 e. The lowest BCUT2D eigenvalue weighted by Gasteiger charge is -2.31. The summed E-state index contributed by atoms with van der Waals surface area (Å²) in [6, 6.07) is 14.4. The van der Waals surface area contributed by atoms with Gasteiger partial charge in [-0.1, -0.05) is 35.1 Å². The second-order valence-corrected chi connectivity index (χ2v) is 9.15. The van der Waals surface area contributed by atoms with Gasteiger partial charge in [-0.2, -0.15) is 0 Å². The maximum atomic E-state index is 12.7. The van der Waals surface area contributed by atoms with Gasteiger partial charge >= 0.3 is 6.03 Å². The molecule has 0 bridgehead atoms. The second-order valence-electron chi connectivity index (χ2n) is 7.70. The van der Waals surface area contributed by atoms with Crippen molar-refractivity contribution in [2.45, 2.75) is 25.3 Å². The van der Waals surface area contributed by atoms with Gasteiger partial charge in [0.1, 0.15) is 10.8 Å². The van der Waals surface area contributed by atoms with Crippen LogP contribution >= 0.6 is 22.9 Å². The predicted octanol–water partition coefficient (Wildman–Crippen LogP) is 4.54. The zero-order valence-corrected chi connectivity index (χ0v) is 19.7. The van der Waals surface area contributed by atoms with Gasteiger partial charge in [-0.25, -0.2) is 4.79 Å². The number of hydrogen-bond acceptors (Lipinski definition) is 6. The van der Waals surface area contributed by atoms with E-state index in [2.05, 4.69) is 20.8 Å². The number of ether oxygens (including phenoxy) is 1. The van der Waals surface area contributed by atoms with Crippen LogP contribution in [0.4, 0.5) is 10.5 Å². The van der Waals surface area contributed by atoms with E-state index in [1.54, 1.807) is 36.3 Å². The quantitative estimate of drug-likeness (QED) is 0.534. The number of carbonyl (C=O) groups is 2. The molecule has 172 valence electrons. The molecule has 0 unspecified atom stereocenters. The normalized spacial score (nSPS) is 15.7. The number of likely N-dealkylation sites (tertiary alicyclic amines) is 1. The molecule has 1 aromatic heterocycles. The first-order valence-corrected chi connectivity index (χ1v) is 11.8. The Labute approximate surface area is 200 Å².